The SMILES string of the molecule is CC(C)(O)NO.O. The van der Waals surface area contributed by atoms with Crippen molar-refractivity contribution in [3.63, 3.8) is 0 Å². The number of hydroxylamine groups is 1. The Balaban J connectivity index is 0. The Morgan fingerprint density at radius 1 is 1.43 bits per heavy atom. The molecule has 0 aliphatic rings. The van der Waals surface area contributed by atoms with Gasteiger partial charge in [0.25, 0.3) is 0 Å². The van der Waals surface area contributed by atoms with Crippen molar-refractivity contribution >= 4 is 0 Å². The number of aliphatic hydroxyl groups is 1. The first-order chi connectivity index (χ1) is 2.56. The molecule has 0 saturated heterocycles. The predicted molar refractivity (Wildman–Crippen MR) is 24.8 cm³/mol. The van der Waals surface area contributed by atoms with Gasteiger partial charge in [-0.05, 0) is 13.8 Å². The van der Waals surface area contributed by atoms with Crippen LogP contribution in [0.1, 0.15) is 13.8 Å². The molecular weight excluding hydrogens is 98.0 g/mol. The monoisotopic (exact) mass is 109 g/mol. The second-order valence-corrected chi connectivity index (χ2v) is 1.67. The van der Waals surface area contributed by atoms with Crippen LogP contribution in [0.4, 0.5) is 0 Å². The van der Waals surface area contributed by atoms with Crippen LogP contribution >= 0.6 is 0 Å². The van der Waals surface area contributed by atoms with E-state index in [1.807, 2.05) is 0 Å². The first-order valence-electron chi connectivity index (χ1n) is 1.70. The Labute approximate surface area is 42.0 Å². The van der Waals surface area contributed by atoms with Crippen LogP contribution in [0.15, 0.2) is 0 Å². The van der Waals surface area contributed by atoms with Gasteiger partial charge >= 0.3 is 0 Å². The molecule has 4 heteroatoms. The van der Waals surface area contributed by atoms with Crippen molar-refractivity contribution in [3.8, 4) is 0 Å². The Hall–Kier alpha value is -0.160. The van der Waals surface area contributed by atoms with Gasteiger partial charge in [0.2, 0.25) is 0 Å². The Bertz CT molecular complexity index is 39.9. The zero-order chi connectivity index (χ0) is 5.21. The van der Waals surface area contributed by atoms with Crippen LogP contribution in [0.2, 0.25) is 0 Å². The molecule has 4 nitrogen and oxygen atoms in total. The summed E-state index contributed by atoms with van der Waals surface area (Å²) in [4.78, 5) is 0. The molecule has 0 aromatic carbocycles. The van der Waals surface area contributed by atoms with E-state index in [1.165, 1.54) is 13.8 Å². The lowest BCUT2D eigenvalue weighted by Crippen LogP contribution is -2.35. The molecule has 0 bridgehead atoms. The Morgan fingerprint density at radius 2 is 1.57 bits per heavy atom. The van der Waals surface area contributed by atoms with E-state index in [4.69, 9.17) is 10.3 Å². The zero-order valence-electron chi connectivity index (χ0n) is 4.39. The fraction of sp³-hybridized carbons (Fsp3) is 1.00. The van der Waals surface area contributed by atoms with Crippen LogP contribution in [0.5, 0.6) is 0 Å². The highest BCUT2D eigenvalue weighted by molar-refractivity contribution is 4.50. The highest BCUT2D eigenvalue weighted by Crippen LogP contribution is 1.88. The third-order valence-electron chi connectivity index (χ3n) is 0.274. The van der Waals surface area contributed by atoms with Gasteiger partial charge in [0.05, 0.1) is 0 Å². The fourth-order valence-corrected chi connectivity index (χ4v) is 0. The minimum Gasteiger partial charge on any atom is -0.412 e. The van der Waals surface area contributed by atoms with Gasteiger partial charge in [-0.1, -0.05) is 0 Å². The van der Waals surface area contributed by atoms with E-state index in [-0.39, 0.29) is 5.48 Å². The summed E-state index contributed by atoms with van der Waals surface area (Å²) in [5.74, 6) is 0. The van der Waals surface area contributed by atoms with Gasteiger partial charge in [-0.25, -0.2) is 0 Å². The minimum atomic E-state index is -1.15. The number of rotatable bonds is 1. The van der Waals surface area contributed by atoms with Gasteiger partial charge < -0.3 is 15.8 Å². The van der Waals surface area contributed by atoms with E-state index in [0.717, 1.165) is 0 Å². The molecule has 0 rings (SSSR count). The molecule has 0 aliphatic heterocycles. The van der Waals surface area contributed by atoms with Crippen LogP contribution < -0.4 is 5.48 Å². The standard InChI is InChI=1S/C3H9NO2.H2O/c1-3(2,5)4-6;/h4-6H,1-2H3;1H2. The highest BCUT2D eigenvalue weighted by Gasteiger charge is 2.06. The van der Waals surface area contributed by atoms with Gasteiger partial charge in [0.15, 0.2) is 0 Å². The maximum atomic E-state index is 8.47. The number of hydrogen-bond donors (Lipinski definition) is 3. The average molecular weight is 109 g/mol. The molecule has 0 aromatic rings. The molecule has 0 atom stereocenters. The van der Waals surface area contributed by atoms with E-state index in [1.54, 1.807) is 5.48 Å². The number of hydrogen-bond acceptors (Lipinski definition) is 3. The minimum absolute atomic E-state index is 0. The average Bonchev–Trinajstić information content (AvgIpc) is 1.35. The molecule has 0 spiro atoms. The van der Waals surface area contributed by atoms with E-state index in [9.17, 15) is 0 Å². The van der Waals surface area contributed by atoms with E-state index in [0.29, 0.717) is 0 Å². The second-order valence-electron chi connectivity index (χ2n) is 1.67. The maximum Gasteiger partial charge on any atom is 0.132 e. The third kappa shape index (κ3) is 10.7. The molecule has 0 fully saturated rings. The van der Waals surface area contributed by atoms with E-state index < -0.39 is 5.72 Å². The molecule has 0 aromatic heterocycles. The zero-order valence-corrected chi connectivity index (χ0v) is 4.39. The Kier molecular flexibility index (Phi) is 4.16. The molecule has 0 saturated carbocycles. The molecular formula is C3H11NO3. The van der Waals surface area contributed by atoms with Gasteiger partial charge in [-0.3, -0.25) is 0 Å². The van der Waals surface area contributed by atoms with E-state index >= 15 is 0 Å². The van der Waals surface area contributed by atoms with Crippen molar-refractivity contribution in [1.82, 2.24) is 5.48 Å². The first-order valence-corrected chi connectivity index (χ1v) is 1.70. The van der Waals surface area contributed by atoms with Gasteiger partial charge in [0.1, 0.15) is 5.72 Å². The molecule has 0 aliphatic carbocycles. The van der Waals surface area contributed by atoms with Crippen molar-refractivity contribution in [2.75, 3.05) is 0 Å². The smallest absolute Gasteiger partial charge is 0.132 e. The third-order valence-corrected chi connectivity index (χ3v) is 0.274. The Morgan fingerprint density at radius 3 is 1.57 bits per heavy atom. The summed E-state index contributed by atoms with van der Waals surface area (Å²) < 4.78 is 0. The normalized spacial score (nSPS) is 10.3. The second kappa shape index (κ2) is 2.92. The van der Waals surface area contributed by atoms with Crippen LogP contribution in [0.3, 0.4) is 0 Å². The van der Waals surface area contributed by atoms with Crippen LogP contribution in [0.25, 0.3) is 0 Å². The van der Waals surface area contributed by atoms with Crippen molar-refractivity contribution in [1.29, 1.82) is 0 Å². The molecule has 0 heterocycles. The quantitative estimate of drug-likeness (QED) is 0.294. The van der Waals surface area contributed by atoms with Crippen molar-refractivity contribution in [2.24, 2.45) is 0 Å². The van der Waals surface area contributed by atoms with Crippen LogP contribution in [-0.4, -0.2) is 21.5 Å². The summed E-state index contributed by atoms with van der Waals surface area (Å²) in [5, 5.41) is 16.4. The summed E-state index contributed by atoms with van der Waals surface area (Å²) in [6.07, 6.45) is 0. The van der Waals surface area contributed by atoms with Crippen molar-refractivity contribution in [3.05, 3.63) is 0 Å². The topological polar surface area (TPSA) is 84.0 Å². The molecule has 7 heavy (non-hydrogen) atoms. The molecule has 5 N–H and O–H groups in total. The van der Waals surface area contributed by atoms with Crippen LogP contribution in [0, 0.1) is 0 Å². The summed E-state index contributed by atoms with van der Waals surface area (Å²) in [6.45, 7) is 2.88. The summed E-state index contributed by atoms with van der Waals surface area (Å²) >= 11 is 0. The lowest BCUT2D eigenvalue weighted by atomic mass is 10.3. The lowest BCUT2D eigenvalue weighted by Gasteiger charge is -2.12. The summed E-state index contributed by atoms with van der Waals surface area (Å²) in [6, 6.07) is 0. The summed E-state index contributed by atoms with van der Waals surface area (Å²) in [7, 11) is 0. The predicted octanol–water partition coefficient (Wildman–Crippen LogP) is -1.13. The summed E-state index contributed by atoms with van der Waals surface area (Å²) in [5.41, 5.74) is 0.507. The van der Waals surface area contributed by atoms with Crippen molar-refractivity contribution < 1.29 is 15.8 Å². The molecule has 0 unspecified atom stereocenters. The maximum absolute atomic E-state index is 8.47. The number of nitrogens with one attached hydrogen (secondary N) is 1. The van der Waals surface area contributed by atoms with Crippen molar-refractivity contribution in [2.45, 2.75) is 19.6 Å². The highest BCUT2D eigenvalue weighted by atomic mass is 16.5. The lowest BCUT2D eigenvalue weighted by molar-refractivity contribution is -0.0656. The molecule has 0 amide bonds. The molecule has 0 radical (unpaired) electrons. The van der Waals surface area contributed by atoms with E-state index in [2.05, 4.69) is 0 Å². The van der Waals surface area contributed by atoms with Gasteiger partial charge in [-0.2, -0.15) is 5.48 Å². The van der Waals surface area contributed by atoms with Crippen LogP contribution in [-0.2, 0) is 0 Å². The molecule has 46 valence electrons. The van der Waals surface area contributed by atoms with Gasteiger partial charge in [0, 0.05) is 0 Å². The first kappa shape index (κ1) is 9.96. The van der Waals surface area contributed by atoms with Gasteiger partial charge in [-0.15, -0.1) is 0 Å². The fourth-order valence-electron chi connectivity index (χ4n) is 0. The largest absolute Gasteiger partial charge is 0.412 e.